The summed E-state index contributed by atoms with van der Waals surface area (Å²) in [6.45, 7) is 5.85. The van der Waals surface area contributed by atoms with Gasteiger partial charge in [-0.05, 0) is 44.7 Å². The number of likely N-dealkylation sites (tertiary alicyclic amines) is 2. The van der Waals surface area contributed by atoms with Gasteiger partial charge >= 0.3 is 0 Å². The minimum Gasteiger partial charge on any atom is -0.362 e. The lowest BCUT2D eigenvalue weighted by molar-refractivity contribution is -0.135. The van der Waals surface area contributed by atoms with Crippen molar-refractivity contribution >= 4 is 23.4 Å². The van der Waals surface area contributed by atoms with Crippen LogP contribution >= 0.6 is 0 Å². The van der Waals surface area contributed by atoms with Crippen LogP contribution in [0.5, 0.6) is 0 Å². The van der Waals surface area contributed by atoms with E-state index in [0.717, 1.165) is 25.1 Å². The average Bonchev–Trinajstić information content (AvgIpc) is 3.37. The highest BCUT2D eigenvalue weighted by molar-refractivity contribution is 6.02. The van der Waals surface area contributed by atoms with E-state index >= 15 is 0 Å². The van der Waals surface area contributed by atoms with Gasteiger partial charge in [0.25, 0.3) is 5.91 Å². The fourth-order valence-electron chi connectivity index (χ4n) is 5.80. The van der Waals surface area contributed by atoms with Gasteiger partial charge in [0.1, 0.15) is 5.66 Å². The van der Waals surface area contributed by atoms with Crippen molar-refractivity contribution in [3.63, 3.8) is 0 Å². The van der Waals surface area contributed by atoms with Gasteiger partial charge in [-0.25, -0.2) is 0 Å². The molecule has 2 saturated heterocycles. The molecule has 0 aromatic heterocycles. The summed E-state index contributed by atoms with van der Waals surface area (Å²) in [6.07, 6.45) is 2.16. The Morgan fingerprint density at radius 3 is 2.69 bits per heavy atom. The summed E-state index contributed by atoms with van der Waals surface area (Å²) in [6, 6.07) is 7.72. The zero-order valence-electron chi connectivity index (χ0n) is 17.0. The van der Waals surface area contributed by atoms with E-state index in [-0.39, 0.29) is 35.6 Å². The maximum atomic E-state index is 13.2. The second-order valence-corrected chi connectivity index (χ2v) is 9.29. The van der Waals surface area contributed by atoms with Crippen LogP contribution in [0.4, 0.5) is 5.69 Å². The minimum absolute atomic E-state index is 0.0428. The van der Waals surface area contributed by atoms with Crippen LogP contribution in [-0.4, -0.2) is 58.9 Å². The first-order valence-electron chi connectivity index (χ1n) is 10.7. The fourth-order valence-corrected chi connectivity index (χ4v) is 5.80. The molecule has 3 heterocycles. The van der Waals surface area contributed by atoms with Gasteiger partial charge in [0.2, 0.25) is 11.8 Å². The van der Waals surface area contributed by atoms with Crippen molar-refractivity contribution < 1.29 is 14.4 Å². The van der Waals surface area contributed by atoms with Crippen molar-refractivity contribution in [3.05, 3.63) is 29.8 Å². The van der Waals surface area contributed by atoms with E-state index in [0.29, 0.717) is 31.0 Å². The van der Waals surface area contributed by atoms with Gasteiger partial charge in [-0.1, -0.05) is 12.1 Å². The molecule has 5 rings (SSSR count). The molecule has 0 bridgehead atoms. The van der Waals surface area contributed by atoms with E-state index < -0.39 is 5.66 Å². The zero-order valence-corrected chi connectivity index (χ0v) is 17.0. The van der Waals surface area contributed by atoms with E-state index in [9.17, 15) is 14.4 Å². The van der Waals surface area contributed by atoms with E-state index in [1.165, 1.54) is 0 Å². The molecule has 7 heteroatoms. The van der Waals surface area contributed by atoms with Crippen LogP contribution in [0.3, 0.4) is 0 Å². The number of benzene rings is 1. The van der Waals surface area contributed by atoms with Gasteiger partial charge < -0.3 is 20.4 Å². The second kappa shape index (κ2) is 6.47. The van der Waals surface area contributed by atoms with Gasteiger partial charge in [-0.2, -0.15) is 0 Å². The Morgan fingerprint density at radius 1 is 1.14 bits per heavy atom. The summed E-state index contributed by atoms with van der Waals surface area (Å²) in [5.74, 6) is 0.436. The molecule has 4 aliphatic rings. The van der Waals surface area contributed by atoms with Crippen molar-refractivity contribution in [3.8, 4) is 0 Å². The Bertz CT molecular complexity index is 885. The summed E-state index contributed by atoms with van der Waals surface area (Å²) < 4.78 is 0. The lowest BCUT2D eigenvalue weighted by atomic mass is 9.89. The van der Waals surface area contributed by atoms with Gasteiger partial charge in [-0.15, -0.1) is 0 Å². The van der Waals surface area contributed by atoms with Crippen LogP contribution in [0.2, 0.25) is 0 Å². The molecule has 7 nitrogen and oxygen atoms in total. The van der Waals surface area contributed by atoms with Crippen LogP contribution < -0.4 is 10.6 Å². The summed E-state index contributed by atoms with van der Waals surface area (Å²) in [5.41, 5.74) is 1.06. The van der Waals surface area contributed by atoms with Crippen LogP contribution in [0.1, 0.15) is 43.5 Å². The second-order valence-electron chi connectivity index (χ2n) is 9.29. The molecule has 0 unspecified atom stereocenters. The molecule has 0 radical (unpaired) electrons. The van der Waals surface area contributed by atoms with Crippen molar-refractivity contribution in [1.82, 2.24) is 15.1 Å². The van der Waals surface area contributed by atoms with Crippen molar-refractivity contribution in [2.75, 3.05) is 25.0 Å². The molecule has 1 aromatic rings. The lowest BCUT2D eigenvalue weighted by Gasteiger charge is -2.42. The smallest absolute Gasteiger partial charge is 0.255 e. The molecule has 1 spiro atoms. The van der Waals surface area contributed by atoms with Crippen LogP contribution in [-0.2, 0) is 9.59 Å². The fraction of sp³-hybridized carbons (Fsp3) is 0.591. The molecule has 154 valence electrons. The average molecular weight is 396 g/mol. The van der Waals surface area contributed by atoms with Gasteiger partial charge in [0.15, 0.2) is 0 Å². The number of carbonyl (C=O) groups excluding carboxylic acids is 3. The Balaban J connectivity index is 1.33. The molecule has 1 aliphatic carbocycles. The number of hydrogen-bond acceptors (Lipinski definition) is 4. The first-order chi connectivity index (χ1) is 13.9. The standard InChI is InChI=1S/C22H28N4O3/c1-13(2)26-11-15(9-19(26)27)21(29)25-10-14-7-8-22(17(14)12-25)23-18-6-4-3-5-16(18)20(28)24-22/h3-6,13-15,17,23H,7-12H2,1-2H3,(H,24,28)/t14-,15+,17+,22+/m1/s1. The third kappa shape index (κ3) is 2.81. The quantitative estimate of drug-likeness (QED) is 0.797. The Hall–Kier alpha value is -2.57. The molecule has 3 amide bonds. The van der Waals surface area contributed by atoms with Gasteiger partial charge in [0, 0.05) is 43.7 Å². The molecule has 1 saturated carbocycles. The largest absolute Gasteiger partial charge is 0.362 e. The summed E-state index contributed by atoms with van der Waals surface area (Å²) >= 11 is 0. The molecule has 3 aliphatic heterocycles. The highest BCUT2D eigenvalue weighted by Gasteiger charge is 2.56. The van der Waals surface area contributed by atoms with Crippen molar-refractivity contribution in [2.24, 2.45) is 17.8 Å². The first kappa shape index (κ1) is 18.5. The SMILES string of the molecule is CC(C)N1C[C@@H](C(=O)N2C[C@H]3CC[C@]4(NC(=O)c5ccccc5N4)[C@H]3C2)CC1=O. The molecular formula is C22H28N4O3. The number of carbonyl (C=O) groups is 3. The number of nitrogens with zero attached hydrogens (tertiary/aromatic N) is 2. The normalized spacial score (nSPS) is 33.1. The van der Waals surface area contributed by atoms with E-state index in [4.69, 9.17) is 0 Å². The Morgan fingerprint density at radius 2 is 1.93 bits per heavy atom. The van der Waals surface area contributed by atoms with Gasteiger partial charge in [-0.3, -0.25) is 14.4 Å². The molecule has 29 heavy (non-hydrogen) atoms. The van der Waals surface area contributed by atoms with Crippen LogP contribution in [0.25, 0.3) is 0 Å². The number of para-hydroxylation sites is 1. The highest BCUT2D eigenvalue weighted by atomic mass is 16.2. The third-order valence-electron chi connectivity index (χ3n) is 7.29. The third-order valence-corrected chi connectivity index (χ3v) is 7.29. The van der Waals surface area contributed by atoms with E-state index in [1.807, 2.05) is 43.0 Å². The summed E-state index contributed by atoms with van der Waals surface area (Å²) in [4.78, 5) is 41.9. The molecule has 2 N–H and O–H groups in total. The van der Waals surface area contributed by atoms with Gasteiger partial charge in [0.05, 0.1) is 11.5 Å². The number of amides is 3. The lowest BCUT2D eigenvalue weighted by Crippen LogP contribution is -2.61. The Kier molecular flexibility index (Phi) is 4.12. The first-order valence-corrected chi connectivity index (χ1v) is 10.7. The number of anilines is 1. The minimum atomic E-state index is -0.486. The van der Waals surface area contributed by atoms with Crippen molar-refractivity contribution in [2.45, 2.75) is 44.8 Å². The number of fused-ring (bicyclic) bond motifs is 3. The monoisotopic (exact) mass is 396 g/mol. The maximum Gasteiger partial charge on any atom is 0.255 e. The summed E-state index contributed by atoms with van der Waals surface area (Å²) in [7, 11) is 0. The molecular weight excluding hydrogens is 368 g/mol. The zero-order chi connectivity index (χ0) is 20.3. The number of nitrogens with one attached hydrogen (secondary N) is 2. The topological polar surface area (TPSA) is 81.8 Å². The van der Waals surface area contributed by atoms with Crippen molar-refractivity contribution in [1.29, 1.82) is 0 Å². The van der Waals surface area contributed by atoms with E-state index in [2.05, 4.69) is 10.6 Å². The van der Waals surface area contributed by atoms with Crippen LogP contribution in [0.15, 0.2) is 24.3 Å². The number of hydrogen-bond donors (Lipinski definition) is 2. The highest BCUT2D eigenvalue weighted by Crippen LogP contribution is 2.47. The summed E-state index contributed by atoms with van der Waals surface area (Å²) in [5, 5.41) is 6.83. The maximum absolute atomic E-state index is 13.2. The Labute approximate surface area is 170 Å². The molecule has 4 atom stereocenters. The van der Waals surface area contributed by atoms with E-state index in [1.54, 1.807) is 4.90 Å². The molecule has 3 fully saturated rings. The molecule has 1 aromatic carbocycles. The predicted octanol–water partition coefficient (Wildman–Crippen LogP) is 1.66. The van der Waals surface area contributed by atoms with Crippen LogP contribution in [0, 0.1) is 17.8 Å². The predicted molar refractivity (Wildman–Crippen MR) is 108 cm³/mol. The number of rotatable bonds is 2.